The third-order valence-electron chi connectivity index (χ3n) is 6.32. The fourth-order valence-electron chi connectivity index (χ4n) is 4.69. The molecule has 0 unspecified atom stereocenters. The average Bonchev–Trinajstić information content (AvgIpc) is 3.50. The summed E-state index contributed by atoms with van der Waals surface area (Å²) in [6.07, 6.45) is 5.79. The van der Waals surface area contributed by atoms with Crippen molar-refractivity contribution >= 4 is 23.4 Å². The molecule has 0 saturated carbocycles. The molecule has 2 aliphatic heterocycles. The number of hydrogen-bond donors (Lipinski definition) is 1. The number of fused-ring (bicyclic) bond motifs is 2. The van der Waals surface area contributed by atoms with Crippen molar-refractivity contribution in [2.75, 3.05) is 0 Å². The molecule has 1 atom stereocenters. The Balaban J connectivity index is 1.36. The average molecular weight is 441 g/mol. The van der Waals surface area contributed by atoms with E-state index >= 15 is 0 Å². The topological polar surface area (TPSA) is 114 Å². The molecule has 1 fully saturated rings. The lowest BCUT2D eigenvalue weighted by Gasteiger charge is -2.29. The van der Waals surface area contributed by atoms with E-state index in [0.29, 0.717) is 18.5 Å². The molecule has 3 aromatic heterocycles. The molecule has 33 heavy (non-hydrogen) atoms. The summed E-state index contributed by atoms with van der Waals surface area (Å²) in [5.74, 6) is -0.893. The Kier molecular flexibility index (Phi) is 4.16. The van der Waals surface area contributed by atoms with Crippen LogP contribution in [0, 0.1) is 0 Å². The highest BCUT2D eigenvalue weighted by atomic mass is 16.2. The number of nitrogens with one attached hydrogen (secondary N) is 1. The zero-order valence-electron chi connectivity index (χ0n) is 17.7. The van der Waals surface area contributed by atoms with Gasteiger partial charge in [-0.25, -0.2) is 9.50 Å². The molecular formula is C23H19N7O3. The summed E-state index contributed by atoms with van der Waals surface area (Å²) in [7, 11) is 1.88. The SMILES string of the molecule is Cn1ncc(-c2ccc3c(c2)CN([C@H]2CCC(=O)NC2=O)C3=O)c1-c1ccc2ncnn2c1. The summed E-state index contributed by atoms with van der Waals surface area (Å²) < 4.78 is 3.52. The number of benzene rings is 1. The van der Waals surface area contributed by atoms with Crippen molar-refractivity contribution in [3.8, 4) is 22.4 Å². The molecule has 5 heterocycles. The Bertz CT molecular complexity index is 1470. The molecule has 1 saturated heterocycles. The van der Waals surface area contributed by atoms with E-state index in [1.165, 1.54) is 6.33 Å². The van der Waals surface area contributed by atoms with E-state index in [-0.39, 0.29) is 18.2 Å². The summed E-state index contributed by atoms with van der Waals surface area (Å²) in [6, 6.07) is 8.93. The quantitative estimate of drug-likeness (QED) is 0.483. The van der Waals surface area contributed by atoms with Crippen LogP contribution >= 0.6 is 0 Å². The van der Waals surface area contributed by atoms with E-state index < -0.39 is 11.9 Å². The van der Waals surface area contributed by atoms with Gasteiger partial charge in [0.05, 0.1) is 11.9 Å². The number of piperidine rings is 1. The van der Waals surface area contributed by atoms with Gasteiger partial charge < -0.3 is 4.90 Å². The molecule has 0 radical (unpaired) electrons. The van der Waals surface area contributed by atoms with E-state index in [1.807, 2.05) is 42.2 Å². The summed E-state index contributed by atoms with van der Waals surface area (Å²) in [4.78, 5) is 42.5. The van der Waals surface area contributed by atoms with Crippen molar-refractivity contribution < 1.29 is 14.4 Å². The van der Waals surface area contributed by atoms with Gasteiger partial charge in [-0.05, 0) is 41.8 Å². The van der Waals surface area contributed by atoms with Crippen LogP contribution in [0.2, 0.25) is 0 Å². The van der Waals surface area contributed by atoms with Crippen molar-refractivity contribution in [2.45, 2.75) is 25.4 Å². The fraction of sp³-hybridized carbons (Fsp3) is 0.217. The van der Waals surface area contributed by atoms with E-state index in [2.05, 4.69) is 20.5 Å². The molecule has 3 amide bonds. The van der Waals surface area contributed by atoms with Crippen LogP contribution in [0.3, 0.4) is 0 Å². The highest BCUT2D eigenvalue weighted by Crippen LogP contribution is 2.35. The van der Waals surface area contributed by atoms with Crippen LogP contribution in [0.1, 0.15) is 28.8 Å². The number of pyridine rings is 1. The van der Waals surface area contributed by atoms with Crippen LogP contribution < -0.4 is 5.32 Å². The first-order chi connectivity index (χ1) is 16.0. The first kappa shape index (κ1) is 19.4. The second kappa shape index (κ2) is 7.09. The second-order valence-corrected chi connectivity index (χ2v) is 8.28. The van der Waals surface area contributed by atoms with Crippen molar-refractivity contribution in [3.63, 3.8) is 0 Å². The molecule has 10 heteroatoms. The van der Waals surface area contributed by atoms with Crippen molar-refractivity contribution in [1.82, 2.24) is 34.6 Å². The third kappa shape index (κ3) is 3.02. The lowest BCUT2D eigenvalue weighted by Crippen LogP contribution is -2.52. The molecule has 4 aromatic rings. The van der Waals surface area contributed by atoms with Crippen LogP contribution in [-0.2, 0) is 23.2 Å². The maximum Gasteiger partial charge on any atom is 0.255 e. The van der Waals surface area contributed by atoms with E-state index in [9.17, 15) is 14.4 Å². The van der Waals surface area contributed by atoms with Gasteiger partial charge >= 0.3 is 0 Å². The highest BCUT2D eigenvalue weighted by Gasteiger charge is 2.39. The molecule has 1 aromatic carbocycles. The molecule has 0 spiro atoms. The number of carbonyl (C=O) groups excluding carboxylic acids is 3. The van der Waals surface area contributed by atoms with Gasteiger partial charge in [0, 0.05) is 42.9 Å². The van der Waals surface area contributed by atoms with Gasteiger partial charge in [-0.15, -0.1) is 0 Å². The predicted octanol–water partition coefficient (Wildman–Crippen LogP) is 1.56. The number of hydrogen-bond acceptors (Lipinski definition) is 6. The number of aryl methyl sites for hydroxylation is 1. The monoisotopic (exact) mass is 441 g/mol. The lowest BCUT2D eigenvalue weighted by atomic mass is 9.98. The van der Waals surface area contributed by atoms with Crippen molar-refractivity contribution in [3.05, 3.63) is 60.2 Å². The van der Waals surface area contributed by atoms with Gasteiger partial charge in [-0.2, -0.15) is 10.2 Å². The number of carbonyl (C=O) groups is 3. The van der Waals surface area contributed by atoms with Gasteiger partial charge in [-0.1, -0.05) is 6.07 Å². The predicted molar refractivity (Wildman–Crippen MR) is 117 cm³/mol. The Morgan fingerprint density at radius 2 is 1.88 bits per heavy atom. The third-order valence-corrected chi connectivity index (χ3v) is 6.32. The van der Waals surface area contributed by atoms with Gasteiger partial charge in [0.1, 0.15) is 12.4 Å². The minimum absolute atomic E-state index is 0.186. The summed E-state index contributed by atoms with van der Waals surface area (Å²) in [5.41, 5.74) is 5.89. The van der Waals surface area contributed by atoms with Crippen LogP contribution in [-0.4, -0.2) is 53.0 Å². The summed E-state index contributed by atoms with van der Waals surface area (Å²) in [5, 5.41) is 11.0. The summed E-state index contributed by atoms with van der Waals surface area (Å²) in [6.45, 7) is 0.328. The number of nitrogens with zero attached hydrogens (tertiary/aromatic N) is 6. The Hall–Kier alpha value is -4.34. The molecule has 2 aliphatic rings. The molecule has 164 valence electrons. The molecular weight excluding hydrogens is 422 g/mol. The molecule has 0 aliphatic carbocycles. The number of rotatable bonds is 3. The largest absolute Gasteiger partial charge is 0.322 e. The number of amides is 3. The van der Waals surface area contributed by atoms with Gasteiger partial charge in [0.2, 0.25) is 11.8 Å². The van der Waals surface area contributed by atoms with Gasteiger partial charge in [0.15, 0.2) is 5.65 Å². The minimum atomic E-state index is -0.630. The Morgan fingerprint density at radius 3 is 2.73 bits per heavy atom. The molecule has 10 nitrogen and oxygen atoms in total. The zero-order valence-corrected chi connectivity index (χ0v) is 17.7. The summed E-state index contributed by atoms with van der Waals surface area (Å²) >= 11 is 0. The highest BCUT2D eigenvalue weighted by molar-refractivity contribution is 6.05. The van der Waals surface area contributed by atoms with Crippen molar-refractivity contribution in [2.24, 2.45) is 7.05 Å². The Morgan fingerprint density at radius 1 is 1.03 bits per heavy atom. The van der Waals surface area contributed by atoms with Crippen LogP contribution in [0.4, 0.5) is 0 Å². The normalized spacial score (nSPS) is 18.2. The fourth-order valence-corrected chi connectivity index (χ4v) is 4.69. The first-order valence-electron chi connectivity index (χ1n) is 10.6. The van der Waals surface area contributed by atoms with Crippen LogP contribution in [0.15, 0.2) is 49.1 Å². The number of imide groups is 1. The van der Waals surface area contributed by atoms with Gasteiger partial charge in [0.25, 0.3) is 5.91 Å². The standard InChI is InChI=1S/C23H19N7O3/c1-28-21(14-3-6-19-24-12-26-30(19)11-14)17(9-25-28)13-2-4-16-15(8-13)10-29(23(16)33)18-5-7-20(31)27-22(18)32/h2-4,6,8-9,11-12,18H,5,7,10H2,1H3,(H,27,31,32)/t18-/m0/s1. The van der Waals surface area contributed by atoms with Gasteiger partial charge in [-0.3, -0.25) is 24.4 Å². The van der Waals surface area contributed by atoms with E-state index in [1.54, 1.807) is 21.7 Å². The van der Waals surface area contributed by atoms with E-state index in [4.69, 9.17) is 0 Å². The maximum absolute atomic E-state index is 13.0. The minimum Gasteiger partial charge on any atom is -0.322 e. The first-order valence-corrected chi connectivity index (χ1v) is 10.6. The smallest absolute Gasteiger partial charge is 0.255 e. The molecule has 1 N–H and O–H groups in total. The molecule has 6 rings (SSSR count). The number of aromatic nitrogens is 5. The molecule has 0 bridgehead atoms. The van der Waals surface area contributed by atoms with Crippen molar-refractivity contribution in [1.29, 1.82) is 0 Å². The Labute approximate surface area is 187 Å². The lowest BCUT2D eigenvalue weighted by molar-refractivity contribution is -0.136. The van der Waals surface area contributed by atoms with Crippen LogP contribution in [0.5, 0.6) is 0 Å². The maximum atomic E-state index is 13.0. The zero-order chi connectivity index (χ0) is 22.7. The van der Waals surface area contributed by atoms with Crippen LogP contribution in [0.25, 0.3) is 28.0 Å². The van der Waals surface area contributed by atoms with E-state index in [0.717, 1.165) is 33.6 Å². The second-order valence-electron chi connectivity index (χ2n) is 8.28.